The first-order valence-corrected chi connectivity index (χ1v) is 2.66. The third-order valence-corrected chi connectivity index (χ3v) is 0.969. The van der Waals surface area contributed by atoms with E-state index < -0.39 is 0 Å². The second kappa shape index (κ2) is 2.74. The molecule has 1 rings (SSSR count). The molecular weight excluding hydrogens is 130 g/mol. The largest absolute Gasteiger partial charge is 0.388 e. The average molecular weight is 134 g/mol. The molecule has 0 atom stereocenters. The highest BCUT2D eigenvalue weighted by Gasteiger charge is 1.93. The molecule has 0 aromatic heterocycles. The molecule has 0 saturated heterocycles. The van der Waals surface area contributed by atoms with Gasteiger partial charge in [-0.25, -0.2) is 0 Å². The van der Waals surface area contributed by atoms with Crippen molar-refractivity contribution in [1.29, 1.82) is 5.26 Å². The Morgan fingerprint density at radius 3 is 2.90 bits per heavy atom. The quantitative estimate of drug-likeness (QED) is 0.548. The lowest BCUT2D eigenvalue weighted by atomic mass is 10.3. The Bertz CT molecular complexity index is 265. The van der Waals surface area contributed by atoms with Gasteiger partial charge in [-0.15, -0.1) is 5.26 Å². The summed E-state index contributed by atoms with van der Waals surface area (Å²) in [5, 5.41) is 18.6. The van der Waals surface area contributed by atoms with E-state index in [1.54, 1.807) is 6.07 Å². The molecule has 1 aromatic rings. The third kappa shape index (κ3) is 1.39. The highest BCUT2D eigenvalue weighted by molar-refractivity contribution is 5.32. The Balaban J connectivity index is 2.87. The Morgan fingerprint density at radius 2 is 2.30 bits per heavy atom. The maximum Gasteiger partial charge on any atom is 0.292 e. The number of nitriles is 1. The van der Waals surface area contributed by atoms with Gasteiger partial charge in [-0.1, -0.05) is 6.07 Å². The van der Waals surface area contributed by atoms with Crippen LogP contribution in [0.5, 0.6) is 11.5 Å². The molecule has 49 valence electrons. The number of nitrogens with zero attached hydrogens (tertiary/aromatic N) is 1. The molecule has 0 unspecified atom stereocenters. The van der Waals surface area contributed by atoms with Crippen molar-refractivity contribution in [2.24, 2.45) is 0 Å². The van der Waals surface area contributed by atoms with E-state index in [2.05, 4.69) is 4.74 Å². The molecule has 3 heteroatoms. The molecule has 0 aliphatic heterocycles. The Kier molecular flexibility index (Phi) is 1.76. The van der Waals surface area contributed by atoms with Gasteiger partial charge >= 0.3 is 0 Å². The smallest absolute Gasteiger partial charge is 0.292 e. The van der Waals surface area contributed by atoms with Crippen LogP contribution in [-0.2, 0) is 5.11 Å². The van der Waals surface area contributed by atoms with Gasteiger partial charge in [0.15, 0.2) is 5.75 Å². The molecule has 3 nitrogen and oxygen atoms in total. The van der Waals surface area contributed by atoms with Crippen LogP contribution in [0.15, 0.2) is 24.3 Å². The molecule has 0 aliphatic carbocycles. The molecular formula is C7H4NO2. The molecule has 0 amide bonds. The first-order chi connectivity index (χ1) is 4.83. The summed E-state index contributed by atoms with van der Waals surface area (Å²) in [7, 11) is 0. The zero-order chi connectivity index (χ0) is 7.40. The number of hydrogen-bond donors (Lipinski definition) is 0. The van der Waals surface area contributed by atoms with E-state index in [9.17, 15) is 5.11 Å². The van der Waals surface area contributed by atoms with E-state index in [-0.39, 0.29) is 11.5 Å². The molecule has 0 aliphatic rings. The van der Waals surface area contributed by atoms with Crippen molar-refractivity contribution >= 4 is 0 Å². The number of ether oxygens (including phenoxy) is 1. The summed E-state index contributed by atoms with van der Waals surface area (Å²) in [5.74, 6) is 0.128. The topological polar surface area (TPSA) is 52.9 Å². The van der Waals surface area contributed by atoms with Crippen LogP contribution < -0.4 is 4.74 Å². The van der Waals surface area contributed by atoms with Crippen molar-refractivity contribution in [2.45, 2.75) is 0 Å². The van der Waals surface area contributed by atoms with Crippen LogP contribution in [-0.4, -0.2) is 0 Å². The van der Waals surface area contributed by atoms with Crippen LogP contribution in [0.1, 0.15) is 0 Å². The fourth-order valence-electron chi connectivity index (χ4n) is 0.590. The minimum absolute atomic E-state index is 0.159. The van der Waals surface area contributed by atoms with Crippen molar-refractivity contribution in [2.75, 3.05) is 0 Å². The predicted molar refractivity (Wildman–Crippen MR) is 32.8 cm³/mol. The third-order valence-electron chi connectivity index (χ3n) is 0.969. The molecule has 1 radical (unpaired) electrons. The lowest BCUT2D eigenvalue weighted by Gasteiger charge is -1.92. The standard InChI is InChI=1S/C7H4NO2/c8-5-10-7-3-1-2-6(9)4-7/h1-4H. The van der Waals surface area contributed by atoms with Gasteiger partial charge in [0, 0.05) is 6.07 Å². The second-order valence-corrected chi connectivity index (χ2v) is 1.67. The summed E-state index contributed by atoms with van der Waals surface area (Å²) in [5.41, 5.74) is 0. The normalized spacial score (nSPS) is 8.30. The second-order valence-electron chi connectivity index (χ2n) is 1.67. The van der Waals surface area contributed by atoms with E-state index in [4.69, 9.17) is 5.26 Å². The van der Waals surface area contributed by atoms with Crippen LogP contribution in [0, 0.1) is 11.5 Å². The van der Waals surface area contributed by atoms with E-state index in [0.29, 0.717) is 0 Å². The minimum atomic E-state index is -0.159. The summed E-state index contributed by atoms with van der Waals surface area (Å²) in [4.78, 5) is 0. The Hall–Kier alpha value is -1.69. The molecule has 10 heavy (non-hydrogen) atoms. The summed E-state index contributed by atoms with van der Waals surface area (Å²) in [6.45, 7) is 0. The maximum absolute atomic E-state index is 10.6. The van der Waals surface area contributed by atoms with Gasteiger partial charge in [-0.2, -0.15) is 0 Å². The SMILES string of the molecule is N#COc1cccc([O])c1. The van der Waals surface area contributed by atoms with Gasteiger partial charge in [-0.3, -0.25) is 5.11 Å². The highest BCUT2D eigenvalue weighted by atomic mass is 16.5. The van der Waals surface area contributed by atoms with Crippen LogP contribution in [0.2, 0.25) is 0 Å². The molecule has 1 aromatic carbocycles. The molecule has 0 N–H and O–H groups in total. The molecule has 0 fully saturated rings. The van der Waals surface area contributed by atoms with Gasteiger partial charge in [0.2, 0.25) is 0 Å². The minimum Gasteiger partial charge on any atom is -0.388 e. The Labute approximate surface area is 58.1 Å². The average Bonchev–Trinajstić information content (AvgIpc) is 1.88. The predicted octanol–water partition coefficient (Wildman–Crippen LogP) is 1.69. The first-order valence-electron chi connectivity index (χ1n) is 2.66. The van der Waals surface area contributed by atoms with E-state index >= 15 is 0 Å². The fraction of sp³-hybridized carbons (Fsp3) is 0. The van der Waals surface area contributed by atoms with Crippen LogP contribution in [0.3, 0.4) is 0 Å². The van der Waals surface area contributed by atoms with E-state index in [0.717, 1.165) is 0 Å². The highest BCUT2D eigenvalue weighted by Crippen LogP contribution is 2.17. The van der Waals surface area contributed by atoms with Crippen molar-refractivity contribution in [1.82, 2.24) is 0 Å². The van der Waals surface area contributed by atoms with Crippen LogP contribution in [0.4, 0.5) is 0 Å². The summed E-state index contributed by atoms with van der Waals surface area (Å²) in [6.07, 6.45) is 1.47. The lowest BCUT2D eigenvalue weighted by molar-refractivity contribution is 0.352. The van der Waals surface area contributed by atoms with E-state index in [1.807, 2.05) is 0 Å². The monoisotopic (exact) mass is 134 g/mol. The summed E-state index contributed by atoms with van der Waals surface area (Å²) < 4.78 is 4.39. The first kappa shape index (κ1) is 6.43. The van der Waals surface area contributed by atoms with Gasteiger partial charge in [0.1, 0.15) is 5.75 Å². The maximum atomic E-state index is 10.6. The molecule has 0 bridgehead atoms. The Morgan fingerprint density at radius 1 is 1.50 bits per heavy atom. The van der Waals surface area contributed by atoms with Crippen LogP contribution >= 0.6 is 0 Å². The number of hydrogen-bond acceptors (Lipinski definition) is 2. The van der Waals surface area contributed by atoms with Crippen molar-refractivity contribution < 1.29 is 9.84 Å². The molecule has 0 heterocycles. The van der Waals surface area contributed by atoms with Crippen molar-refractivity contribution in [3.63, 3.8) is 0 Å². The van der Waals surface area contributed by atoms with Crippen LogP contribution in [0.25, 0.3) is 0 Å². The van der Waals surface area contributed by atoms with Gasteiger partial charge in [0.05, 0.1) is 0 Å². The number of rotatable bonds is 1. The fourth-order valence-corrected chi connectivity index (χ4v) is 0.590. The van der Waals surface area contributed by atoms with E-state index in [1.165, 1.54) is 24.5 Å². The number of benzene rings is 1. The zero-order valence-electron chi connectivity index (χ0n) is 5.07. The zero-order valence-corrected chi connectivity index (χ0v) is 5.07. The summed E-state index contributed by atoms with van der Waals surface area (Å²) in [6, 6.07) is 5.73. The summed E-state index contributed by atoms with van der Waals surface area (Å²) >= 11 is 0. The van der Waals surface area contributed by atoms with Gasteiger partial charge in [-0.05, 0) is 12.1 Å². The molecule has 0 spiro atoms. The molecule has 0 saturated carbocycles. The van der Waals surface area contributed by atoms with Crippen molar-refractivity contribution in [3.05, 3.63) is 24.3 Å². The lowest BCUT2D eigenvalue weighted by Crippen LogP contribution is -1.78. The van der Waals surface area contributed by atoms with Gasteiger partial charge < -0.3 is 4.74 Å². The van der Waals surface area contributed by atoms with Gasteiger partial charge in [0.25, 0.3) is 6.26 Å². The van der Waals surface area contributed by atoms with Crippen molar-refractivity contribution in [3.8, 4) is 17.8 Å².